The van der Waals surface area contributed by atoms with Crippen molar-refractivity contribution >= 4 is 40.6 Å². The van der Waals surface area contributed by atoms with Crippen molar-refractivity contribution in [3.63, 3.8) is 0 Å². The van der Waals surface area contributed by atoms with Crippen LogP contribution in [0.1, 0.15) is 49.6 Å². The molecule has 232 valence electrons. The van der Waals surface area contributed by atoms with E-state index in [2.05, 4.69) is 31.3 Å². The molecule has 3 heterocycles. The number of pyridine rings is 1. The zero-order valence-corrected chi connectivity index (χ0v) is 25.3. The summed E-state index contributed by atoms with van der Waals surface area (Å²) >= 11 is 0. The average Bonchev–Trinajstić information content (AvgIpc) is 3.58. The normalized spacial score (nSPS) is 10.6. The molecule has 3 aromatic heterocycles. The van der Waals surface area contributed by atoms with Gasteiger partial charge in [0.2, 0.25) is 5.76 Å². The van der Waals surface area contributed by atoms with Crippen molar-refractivity contribution in [2.24, 2.45) is 14.1 Å². The summed E-state index contributed by atoms with van der Waals surface area (Å²) in [6, 6.07) is 17.9. The molecule has 0 atom stereocenters. The molecule has 14 heteroatoms. The quantitative estimate of drug-likeness (QED) is 0.188. The Hall–Kier alpha value is -6.49. The summed E-state index contributed by atoms with van der Waals surface area (Å²) in [7, 11) is 3.15. The molecule has 0 fully saturated rings. The SMILES string of the molecule is CCNc1c(C(=O)Nc2ccc(-c3c(C#N)on(C)c3=O)cc2)cc(C)nc1C(=O)Nc1cccc(C(=O)Nc2ccn(C)n2)c1. The van der Waals surface area contributed by atoms with E-state index in [0.29, 0.717) is 40.6 Å². The molecule has 0 aliphatic rings. The summed E-state index contributed by atoms with van der Waals surface area (Å²) in [5.41, 5.74) is 2.01. The van der Waals surface area contributed by atoms with E-state index in [1.54, 1.807) is 79.4 Å². The van der Waals surface area contributed by atoms with Crippen molar-refractivity contribution in [2.75, 3.05) is 27.8 Å². The van der Waals surface area contributed by atoms with Crippen molar-refractivity contribution in [3.05, 3.63) is 105 Å². The van der Waals surface area contributed by atoms with Crippen molar-refractivity contribution in [3.8, 4) is 17.2 Å². The summed E-state index contributed by atoms with van der Waals surface area (Å²) in [6.07, 6.45) is 1.70. The smallest absolute Gasteiger partial charge is 0.291 e. The number of rotatable bonds is 9. The summed E-state index contributed by atoms with van der Waals surface area (Å²) in [4.78, 5) is 56.6. The fourth-order valence-electron chi connectivity index (χ4n) is 4.70. The standard InChI is InChI=1S/C32H29N9O5/c1-5-34-27-23(30(43)36-21-11-9-19(10-12-21)26-24(17-33)46-41(4)32(26)45)15-18(2)35-28(27)31(44)37-22-8-6-7-20(16-22)29(42)38-25-13-14-40(3)39-25/h6-16,34H,5H2,1-4H3,(H,36,43)(H,37,44)(H,38,39,42). The third-order valence-electron chi connectivity index (χ3n) is 6.79. The number of carbonyl (C=O) groups is 3. The largest absolute Gasteiger partial charge is 0.383 e. The topological polar surface area (TPSA) is 189 Å². The zero-order valence-electron chi connectivity index (χ0n) is 25.3. The van der Waals surface area contributed by atoms with Gasteiger partial charge in [0.05, 0.1) is 11.3 Å². The number of nitrogens with one attached hydrogen (secondary N) is 4. The van der Waals surface area contributed by atoms with Crippen LogP contribution in [0.15, 0.2) is 76.2 Å². The van der Waals surface area contributed by atoms with E-state index in [0.717, 1.165) is 4.74 Å². The molecule has 0 radical (unpaired) electrons. The molecule has 0 bridgehead atoms. The number of nitrogens with zero attached hydrogens (tertiary/aromatic N) is 5. The predicted molar refractivity (Wildman–Crippen MR) is 171 cm³/mol. The lowest BCUT2D eigenvalue weighted by Gasteiger charge is -2.16. The van der Waals surface area contributed by atoms with Gasteiger partial charge in [-0.3, -0.25) is 23.9 Å². The molecule has 0 aliphatic carbocycles. The number of nitriles is 1. The van der Waals surface area contributed by atoms with Crippen LogP contribution >= 0.6 is 0 Å². The predicted octanol–water partition coefficient (Wildman–Crippen LogP) is 4.14. The van der Waals surface area contributed by atoms with E-state index < -0.39 is 23.3 Å². The van der Waals surface area contributed by atoms with Crippen molar-refractivity contribution in [1.29, 1.82) is 5.26 Å². The fourth-order valence-corrected chi connectivity index (χ4v) is 4.70. The number of hydrogen-bond acceptors (Lipinski definition) is 9. The second-order valence-electron chi connectivity index (χ2n) is 10.2. The molecule has 14 nitrogen and oxygen atoms in total. The van der Waals surface area contributed by atoms with Crippen molar-refractivity contribution in [2.45, 2.75) is 13.8 Å². The third-order valence-corrected chi connectivity index (χ3v) is 6.79. The molecular weight excluding hydrogens is 590 g/mol. The van der Waals surface area contributed by atoms with Crippen LogP contribution in [0.2, 0.25) is 0 Å². The maximum absolute atomic E-state index is 13.5. The molecule has 5 aromatic rings. The van der Waals surface area contributed by atoms with Crippen molar-refractivity contribution in [1.82, 2.24) is 19.5 Å². The van der Waals surface area contributed by atoms with Crippen LogP contribution in [0.4, 0.5) is 22.9 Å². The van der Waals surface area contributed by atoms with Crippen LogP contribution in [0.25, 0.3) is 11.1 Å². The van der Waals surface area contributed by atoms with E-state index in [-0.39, 0.29) is 28.3 Å². The maximum Gasteiger partial charge on any atom is 0.291 e. The number of amides is 3. The summed E-state index contributed by atoms with van der Waals surface area (Å²) in [6.45, 7) is 3.88. The van der Waals surface area contributed by atoms with Crippen LogP contribution in [0, 0.1) is 18.3 Å². The van der Waals surface area contributed by atoms with Crippen LogP contribution in [0.3, 0.4) is 0 Å². The lowest BCUT2D eigenvalue weighted by molar-refractivity contribution is 0.101. The van der Waals surface area contributed by atoms with E-state index in [9.17, 15) is 24.4 Å². The Morgan fingerprint density at radius 2 is 1.67 bits per heavy atom. The fraction of sp³-hybridized carbons (Fsp3) is 0.156. The van der Waals surface area contributed by atoms with Gasteiger partial charge in [-0.1, -0.05) is 18.2 Å². The highest BCUT2D eigenvalue weighted by Gasteiger charge is 2.23. The van der Waals surface area contributed by atoms with Gasteiger partial charge in [-0.25, -0.2) is 4.98 Å². The van der Waals surface area contributed by atoms with Crippen LogP contribution in [-0.2, 0) is 14.1 Å². The monoisotopic (exact) mass is 619 g/mol. The van der Waals surface area contributed by atoms with Crippen LogP contribution in [0.5, 0.6) is 0 Å². The summed E-state index contributed by atoms with van der Waals surface area (Å²) < 4.78 is 7.70. The molecular formula is C32H29N9O5. The third kappa shape index (κ3) is 6.53. The highest BCUT2D eigenvalue weighted by molar-refractivity contribution is 6.14. The Balaban J connectivity index is 1.37. The molecule has 0 unspecified atom stereocenters. The lowest BCUT2D eigenvalue weighted by atomic mass is 10.1. The summed E-state index contributed by atoms with van der Waals surface area (Å²) in [5, 5.41) is 24.8. The number of hydrogen-bond donors (Lipinski definition) is 4. The number of aryl methyl sites for hydroxylation is 3. The van der Waals surface area contributed by atoms with Gasteiger partial charge in [-0.15, -0.1) is 0 Å². The Morgan fingerprint density at radius 3 is 2.35 bits per heavy atom. The Morgan fingerprint density at radius 1 is 0.935 bits per heavy atom. The molecule has 4 N–H and O–H groups in total. The van der Waals surface area contributed by atoms with Crippen LogP contribution < -0.4 is 26.8 Å². The zero-order chi connectivity index (χ0) is 33.0. The van der Waals surface area contributed by atoms with Gasteiger partial charge in [0.25, 0.3) is 23.3 Å². The van der Waals surface area contributed by atoms with Gasteiger partial charge in [0, 0.05) is 55.5 Å². The van der Waals surface area contributed by atoms with Gasteiger partial charge < -0.3 is 25.8 Å². The Bertz CT molecular complexity index is 2070. The minimum atomic E-state index is -0.588. The van der Waals surface area contributed by atoms with Gasteiger partial charge in [0.1, 0.15) is 11.6 Å². The van der Waals surface area contributed by atoms with Crippen LogP contribution in [-0.4, -0.2) is 43.8 Å². The molecule has 0 spiro atoms. The number of benzene rings is 2. The van der Waals surface area contributed by atoms with E-state index in [1.807, 2.05) is 13.0 Å². The van der Waals surface area contributed by atoms with E-state index >= 15 is 0 Å². The molecule has 0 saturated heterocycles. The van der Waals surface area contributed by atoms with E-state index in [4.69, 9.17) is 4.52 Å². The molecule has 0 aliphatic heterocycles. The lowest BCUT2D eigenvalue weighted by Crippen LogP contribution is -2.22. The minimum absolute atomic E-state index is 0.00877. The highest BCUT2D eigenvalue weighted by atomic mass is 16.5. The van der Waals surface area contributed by atoms with Crippen molar-refractivity contribution < 1.29 is 18.9 Å². The first kappa shape index (κ1) is 31.0. The second-order valence-corrected chi connectivity index (χ2v) is 10.2. The molecule has 3 amide bonds. The Labute approximate surface area is 262 Å². The molecule has 2 aromatic carbocycles. The minimum Gasteiger partial charge on any atom is -0.383 e. The van der Waals surface area contributed by atoms with Gasteiger partial charge in [0.15, 0.2) is 11.5 Å². The molecule has 46 heavy (non-hydrogen) atoms. The number of carbonyl (C=O) groups excluding carboxylic acids is 3. The van der Waals surface area contributed by atoms with Gasteiger partial charge in [-0.05, 0) is 55.8 Å². The second kappa shape index (κ2) is 13.0. The van der Waals surface area contributed by atoms with Gasteiger partial charge >= 0.3 is 0 Å². The summed E-state index contributed by atoms with van der Waals surface area (Å²) in [5.74, 6) is -1.22. The average molecular weight is 620 g/mol. The van der Waals surface area contributed by atoms with Gasteiger partial charge in [-0.2, -0.15) is 15.1 Å². The first-order valence-electron chi connectivity index (χ1n) is 14.1. The van der Waals surface area contributed by atoms with E-state index in [1.165, 1.54) is 13.1 Å². The molecule has 0 saturated carbocycles. The maximum atomic E-state index is 13.5. The number of aromatic nitrogens is 4. The first-order valence-corrected chi connectivity index (χ1v) is 14.1. The Kier molecular flexibility index (Phi) is 8.76. The molecule has 5 rings (SSSR count). The highest BCUT2D eigenvalue weighted by Crippen LogP contribution is 2.26. The first-order chi connectivity index (χ1) is 22.1. The number of anilines is 4.